The number of ketones is 1. The molecule has 180 valence electrons. The summed E-state index contributed by atoms with van der Waals surface area (Å²) in [5.41, 5.74) is 3.66. The van der Waals surface area contributed by atoms with E-state index in [0.717, 1.165) is 34.3 Å². The number of thioether (sulfide) groups is 1. The largest absolute Gasteiger partial charge is 0.497 e. The maximum absolute atomic E-state index is 13.6. The minimum atomic E-state index is -0.574. The second-order valence-electron chi connectivity index (χ2n) is 8.58. The molecular formula is C27H31NO5S. The van der Waals surface area contributed by atoms with Crippen molar-refractivity contribution >= 4 is 23.5 Å². The average molecular weight is 482 g/mol. The van der Waals surface area contributed by atoms with Crippen LogP contribution in [0.3, 0.4) is 0 Å². The number of hydrogen-bond acceptors (Lipinski definition) is 7. The van der Waals surface area contributed by atoms with Gasteiger partial charge in [-0.25, -0.2) is 4.79 Å². The van der Waals surface area contributed by atoms with Gasteiger partial charge in [-0.3, -0.25) is 4.79 Å². The zero-order valence-corrected chi connectivity index (χ0v) is 20.9. The molecule has 7 heteroatoms. The van der Waals surface area contributed by atoms with Gasteiger partial charge in [0.15, 0.2) is 5.78 Å². The second kappa shape index (κ2) is 10.6. The van der Waals surface area contributed by atoms with Crippen LogP contribution in [0.4, 0.5) is 0 Å². The smallest absolute Gasteiger partial charge is 0.336 e. The monoisotopic (exact) mass is 481 g/mol. The lowest BCUT2D eigenvalue weighted by Gasteiger charge is -2.35. The van der Waals surface area contributed by atoms with Gasteiger partial charge in [-0.2, -0.15) is 11.8 Å². The molecule has 2 heterocycles. The van der Waals surface area contributed by atoms with E-state index in [1.165, 1.54) is 0 Å². The molecule has 0 saturated heterocycles. The van der Waals surface area contributed by atoms with Crippen molar-refractivity contribution in [1.82, 2.24) is 5.32 Å². The van der Waals surface area contributed by atoms with Gasteiger partial charge in [-0.1, -0.05) is 19.1 Å². The van der Waals surface area contributed by atoms with Gasteiger partial charge >= 0.3 is 5.97 Å². The zero-order valence-electron chi connectivity index (χ0n) is 20.1. The molecular weight excluding hydrogens is 450 g/mol. The van der Waals surface area contributed by atoms with Crippen molar-refractivity contribution in [3.8, 4) is 5.75 Å². The molecule has 1 aliphatic carbocycles. The number of aryl methyl sites for hydroxylation is 1. The minimum absolute atomic E-state index is 0.0139. The number of furan rings is 1. The van der Waals surface area contributed by atoms with E-state index < -0.39 is 11.9 Å². The van der Waals surface area contributed by atoms with Crippen LogP contribution in [0.15, 0.2) is 63.4 Å². The van der Waals surface area contributed by atoms with Crippen molar-refractivity contribution in [1.29, 1.82) is 0 Å². The molecule has 2 atom stereocenters. The van der Waals surface area contributed by atoms with Gasteiger partial charge in [0.05, 0.1) is 18.6 Å². The first-order valence-corrected chi connectivity index (χ1v) is 12.8. The minimum Gasteiger partial charge on any atom is -0.497 e. The van der Waals surface area contributed by atoms with Crippen molar-refractivity contribution in [2.75, 3.05) is 25.2 Å². The first-order chi connectivity index (χ1) is 16.4. The summed E-state index contributed by atoms with van der Waals surface area (Å²) in [6.45, 7) is 6.12. The number of dihydropyridines is 1. The van der Waals surface area contributed by atoms with Gasteiger partial charge in [-0.15, -0.1) is 0 Å². The van der Waals surface area contributed by atoms with Gasteiger partial charge in [0.25, 0.3) is 0 Å². The number of nitrogens with one attached hydrogen (secondary N) is 1. The molecule has 2 aromatic rings. The summed E-state index contributed by atoms with van der Waals surface area (Å²) in [6, 6.07) is 11.6. The molecule has 2 aliphatic rings. The SMILES string of the molecule is CCSCCOC(=O)C1=C(C)NC2=C(C(=O)C[C@H](c3cccc(OC)c3)C2)[C@H]1c1ccc(C)o1. The molecule has 6 nitrogen and oxygen atoms in total. The van der Waals surface area contributed by atoms with Crippen molar-refractivity contribution in [3.05, 3.63) is 76.0 Å². The van der Waals surface area contributed by atoms with Crippen LogP contribution in [-0.4, -0.2) is 37.0 Å². The predicted molar refractivity (Wildman–Crippen MR) is 133 cm³/mol. The molecule has 0 bridgehead atoms. The maximum Gasteiger partial charge on any atom is 0.336 e. The number of hydrogen-bond donors (Lipinski definition) is 1. The maximum atomic E-state index is 13.6. The van der Waals surface area contributed by atoms with E-state index in [4.69, 9.17) is 13.9 Å². The average Bonchev–Trinajstić information content (AvgIpc) is 3.26. The molecule has 1 aliphatic heterocycles. The number of esters is 1. The molecule has 0 unspecified atom stereocenters. The lowest BCUT2D eigenvalue weighted by molar-refractivity contribution is -0.138. The van der Waals surface area contributed by atoms with Crippen LogP contribution in [0.2, 0.25) is 0 Å². The number of Topliss-reactive ketones (excluding diaryl/α,β-unsaturated/α-hetero) is 1. The lowest BCUT2D eigenvalue weighted by Crippen LogP contribution is -2.36. The van der Waals surface area contributed by atoms with Crippen molar-refractivity contribution in [3.63, 3.8) is 0 Å². The molecule has 1 aromatic heterocycles. The van der Waals surface area contributed by atoms with E-state index in [-0.39, 0.29) is 11.7 Å². The predicted octanol–water partition coefficient (Wildman–Crippen LogP) is 5.25. The number of carbonyl (C=O) groups excluding carboxylic acids is 2. The molecule has 0 amide bonds. The molecule has 0 radical (unpaired) electrons. The van der Waals surface area contributed by atoms with Gasteiger partial charge in [0.2, 0.25) is 0 Å². The molecule has 4 rings (SSSR count). The second-order valence-corrected chi connectivity index (χ2v) is 9.97. The number of allylic oxidation sites excluding steroid dienone is 3. The van der Waals surface area contributed by atoms with E-state index in [2.05, 4.69) is 12.2 Å². The standard InChI is InChI=1S/C27H31NO5S/c1-5-34-12-11-32-27(30)24-17(3)28-21-14-19(18-7-6-8-20(13-18)31-4)15-22(29)25(21)26(24)23-10-9-16(2)33-23/h6-10,13,19,26,28H,5,11-12,14-15H2,1-4H3/t19-,26+/m1/s1. The molecule has 0 fully saturated rings. The Morgan fingerprint density at radius 2 is 2.03 bits per heavy atom. The van der Waals surface area contributed by atoms with E-state index in [9.17, 15) is 9.59 Å². The quantitative estimate of drug-likeness (QED) is 0.407. The van der Waals surface area contributed by atoms with Crippen molar-refractivity contribution in [2.24, 2.45) is 0 Å². The fourth-order valence-electron chi connectivity index (χ4n) is 4.75. The van der Waals surface area contributed by atoms with Crippen LogP contribution >= 0.6 is 11.8 Å². The van der Waals surface area contributed by atoms with Crippen LogP contribution in [0.1, 0.15) is 55.6 Å². The summed E-state index contributed by atoms with van der Waals surface area (Å²) < 4.78 is 16.9. The summed E-state index contributed by atoms with van der Waals surface area (Å²) in [6.07, 6.45) is 1.02. The topological polar surface area (TPSA) is 77.8 Å². The Morgan fingerprint density at radius 3 is 2.74 bits per heavy atom. The number of benzene rings is 1. The Bertz CT molecular complexity index is 1150. The van der Waals surface area contributed by atoms with Crippen LogP contribution in [-0.2, 0) is 14.3 Å². The van der Waals surface area contributed by atoms with E-state index >= 15 is 0 Å². The number of ether oxygens (including phenoxy) is 2. The molecule has 1 aromatic carbocycles. The number of methoxy groups -OCH3 is 1. The molecule has 34 heavy (non-hydrogen) atoms. The third-order valence-electron chi connectivity index (χ3n) is 6.32. The highest BCUT2D eigenvalue weighted by Crippen LogP contribution is 2.46. The zero-order chi connectivity index (χ0) is 24.2. The van der Waals surface area contributed by atoms with Crippen LogP contribution in [0.5, 0.6) is 5.75 Å². The van der Waals surface area contributed by atoms with Crippen LogP contribution in [0.25, 0.3) is 0 Å². The number of rotatable bonds is 8. The summed E-state index contributed by atoms with van der Waals surface area (Å²) in [5.74, 6) is 2.86. The highest BCUT2D eigenvalue weighted by molar-refractivity contribution is 7.99. The lowest BCUT2D eigenvalue weighted by atomic mass is 9.73. The Kier molecular flexibility index (Phi) is 7.51. The first kappa shape index (κ1) is 24.2. The molecule has 0 spiro atoms. The highest BCUT2D eigenvalue weighted by atomic mass is 32.2. The normalized spacial score (nSPS) is 20.2. The molecule has 0 saturated carbocycles. The van der Waals surface area contributed by atoms with Gasteiger partial charge in [0, 0.05) is 29.1 Å². The Labute approximate surface area is 204 Å². The first-order valence-electron chi connectivity index (χ1n) is 11.6. The van der Waals surface area contributed by atoms with Gasteiger partial charge in [-0.05, 0) is 61.8 Å². The van der Waals surface area contributed by atoms with E-state index in [1.54, 1.807) is 18.9 Å². The van der Waals surface area contributed by atoms with Gasteiger partial charge < -0.3 is 19.2 Å². The highest BCUT2D eigenvalue weighted by Gasteiger charge is 2.42. The third-order valence-corrected chi connectivity index (χ3v) is 7.19. The fraction of sp³-hybridized carbons (Fsp3) is 0.407. The summed E-state index contributed by atoms with van der Waals surface area (Å²) in [5, 5.41) is 3.38. The third kappa shape index (κ3) is 4.94. The number of carbonyl (C=O) groups is 2. The summed E-state index contributed by atoms with van der Waals surface area (Å²) in [7, 11) is 1.64. The van der Waals surface area contributed by atoms with Crippen molar-refractivity contribution < 1.29 is 23.5 Å². The van der Waals surface area contributed by atoms with E-state index in [1.807, 2.05) is 50.2 Å². The van der Waals surface area contributed by atoms with Gasteiger partial charge in [0.1, 0.15) is 23.9 Å². The fourth-order valence-corrected chi connectivity index (χ4v) is 5.24. The van der Waals surface area contributed by atoms with Crippen LogP contribution < -0.4 is 10.1 Å². The Balaban J connectivity index is 1.68. The molecule has 1 N–H and O–H groups in total. The summed E-state index contributed by atoms with van der Waals surface area (Å²) >= 11 is 1.72. The van der Waals surface area contributed by atoms with Crippen molar-refractivity contribution in [2.45, 2.75) is 45.4 Å². The summed E-state index contributed by atoms with van der Waals surface area (Å²) in [4.78, 5) is 26.8. The Morgan fingerprint density at radius 1 is 1.21 bits per heavy atom. The van der Waals surface area contributed by atoms with Crippen LogP contribution in [0, 0.1) is 6.92 Å². The Hall–Kier alpha value is -2.93. The van der Waals surface area contributed by atoms with E-state index in [0.29, 0.717) is 42.1 Å².